The zero-order chi connectivity index (χ0) is 89.0. The van der Waals surface area contributed by atoms with Crippen LogP contribution in [0.3, 0.4) is 0 Å². The van der Waals surface area contributed by atoms with Crippen molar-refractivity contribution in [3.05, 3.63) is 0 Å². The molecule has 2 fully saturated rings. The van der Waals surface area contributed by atoms with Gasteiger partial charge in [-0.3, -0.25) is 86.3 Å². The summed E-state index contributed by atoms with van der Waals surface area (Å²) in [5, 5.41) is 74.4. The number of hydrogen-bond acceptors (Lipinski definition) is 25. The van der Waals surface area contributed by atoms with Crippen molar-refractivity contribution in [3.63, 3.8) is 0 Å². The van der Waals surface area contributed by atoms with Crippen molar-refractivity contribution in [3.8, 4) is 0 Å². The van der Waals surface area contributed by atoms with Crippen molar-refractivity contribution < 1.29 is 112 Å². The van der Waals surface area contributed by atoms with E-state index in [1.807, 2.05) is 0 Å². The van der Waals surface area contributed by atoms with Gasteiger partial charge in [0.05, 0.1) is 37.6 Å². The zero-order valence-corrected chi connectivity index (χ0v) is 69.6. The molecule has 17 amide bonds. The Kier molecular flexibility index (Phi) is 45.2. The van der Waals surface area contributed by atoms with Crippen LogP contribution in [0.2, 0.25) is 0 Å². The third kappa shape index (κ3) is 35.0. The lowest BCUT2D eigenvalue weighted by molar-refractivity contribution is -0.145. The number of nitrogens with one attached hydrogen (secondary N) is 14. The van der Waals surface area contributed by atoms with Crippen LogP contribution in [-0.4, -0.2) is 290 Å². The highest BCUT2D eigenvalue weighted by Gasteiger charge is 2.43. The third-order valence-electron chi connectivity index (χ3n) is 19.4. The lowest BCUT2D eigenvalue weighted by Crippen LogP contribution is -2.63. The van der Waals surface area contributed by atoms with Gasteiger partial charge in [0.25, 0.3) is 0 Å². The van der Waals surface area contributed by atoms with Crippen LogP contribution in [-0.2, 0) is 91.1 Å². The van der Waals surface area contributed by atoms with Crippen molar-refractivity contribution in [1.29, 1.82) is 0 Å². The fraction of sp³-hybridized carbons (Fsp3) is 0.740. The van der Waals surface area contributed by atoms with Gasteiger partial charge >= 0.3 is 11.9 Å². The second kappa shape index (κ2) is 51.3. The number of nitrogens with zero attached hydrogens (tertiary/aromatic N) is 2. The van der Waals surface area contributed by atoms with Gasteiger partial charge in [-0.2, -0.15) is 12.6 Å². The highest BCUT2D eigenvalue weighted by Crippen LogP contribution is 2.22. The summed E-state index contributed by atoms with van der Waals surface area (Å²) in [6.07, 6.45) is -2.83. The van der Waals surface area contributed by atoms with Crippen molar-refractivity contribution in [2.75, 3.05) is 38.5 Å². The van der Waals surface area contributed by atoms with Gasteiger partial charge in [0.15, 0.2) is 6.04 Å². The van der Waals surface area contributed by atoms with E-state index in [0.717, 1.165) is 18.7 Å². The molecule has 0 aromatic rings. The average molecular weight is 1680 g/mol. The van der Waals surface area contributed by atoms with E-state index >= 15 is 0 Å². The van der Waals surface area contributed by atoms with Crippen LogP contribution in [0.15, 0.2) is 0 Å². The molecule has 2 aliphatic rings. The lowest BCUT2D eigenvalue weighted by atomic mass is 9.96. The molecule has 0 aliphatic carbocycles. The molecule has 0 spiro atoms. The molecular formula is C73H126N20O23S. The number of likely N-dealkylation sites (tertiary alicyclic amines) is 2. The molecule has 0 bridgehead atoms. The number of carbonyl (C=O) groups excluding carboxylic acids is 17. The molecule has 19 atom stereocenters. The number of carboxylic acids is 2. The molecule has 0 saturated carbocycles. The highest BCUT2D eigenvalue weighted by atomic mass is 32.1. The van der Waals surface area contributed by atoms with Crippen molar-refractivity contribution >= 4 is 125 Å². The first kappa shape index (κ1) is 103. The number of hydrogen-bond donors (Lipinski definition) is 23. The topological polar surface area (TPSA) is 684 Å². The van der Waals surface area contributed by atoms with Crippen molar-refractivity contribution in [1.82, 2.24) is 84.2 Å². The van der Waals surface area contributed by atoms with E-state index in [9.17, 15) is 112 Å². The maximum absolute atomic E-state index is 14.6. The van der Waals surface area contributed by atoms with Crippen molar-refractivity contribution in [2.24, 2.45) is 40.7 Å². The minimum atomic E-state index is -1.89. The summed E-state index contributed by atoms with van der Waals surface area (Å²) in [6, 6.07) is -23.0. The molecule has 117 heavy (non-hydrogen) atoms. The van der Waals surface area contributed by atoms with Gasteiger partial charge in [0, 0.05) is 18.8 Å². The summed E-state index contributed by atoms with van der Waals surface area (Å²) in [6.45, 7) is 17.6. The maximum atomic E-state index is 14.6. The third-order valence-corrected chi connectivity index (χ3v) is 19.8. The summed E-state index contributed by atoms with van der Waals surface area (Å²) in [5.74, 6) is -20.3. The first-order valence-corrected chi connectivity index (χ1v) is 40.1. The van der Waals surface area contributed by atoms with E-state index < -0.39 is 252 Å². The number of nitrogens with two attached hydrogens (primary N) is 4. The number of unbranched alkanes of at least 4 members (excludes halogenated alkanes) is 2. The molecule has 2 heterocycles. The van der Waals surface area contributed by atoms with Gasteiger partial charge < -0.3 is 128 Å². The minimum absolute atomic E-state index is 0.00328. The fourth-order valence-corrected chi connectivity index (χ4v) is 12.8. The number of aliphatic carboxylic acids is 2. The number of primary amides is 1. The predicted octanol–water partition coefficient (Wildman–Crippen LogP) is -7.68. The Hall–Kier alpha value is -9.92. The summed E-state index contributed by atoms with van der Waals surface area (Å²) in [4.78, 5) is 258. The molecule has 2 rings (SSSR count). The van der Waals surface area contributed by atoms with E-state index in [2.05, 4.69) is 87.1 Å². The molecule has 2 saturated heterocycles. The first-order valence-electron chi connectivity index (χ1n) is 39.4. The smallest absolute Gasteiger partial charge is 0.328 e. The van der Waals surface area contributed by atoms with E-state index in [0.29, 0.717) is 19.3 Å². The van der Waals surface area contributed by atoms with Gasteiger partial charge in [0.2, 0.25) is 100 Å². The molecule has 0 aromatic heterocycles. The Bertz CT molecular complexity index is 3460. The number of carboxylic acid groups (broad SMARTS) is 2. The van der Waals surface area contributed by atoms with Gasteiger partial charge in [0.1, 0.15) is 84.6 Å². The van der Waals surface area contributed by atoms with Gasteiger partial charge in [-0.05, 0) is 149 Å². The van der Waals surface area contributed by atoms with Crippen LogP contribution in [0.4, 0.5) is 0 Å². The first-order chi connectivity index (χ1) is 54.7. The molecule has 43 nitrogen and oxygen atoms in total. The van der Waals surface area contributed by atoms with Crippen LogP contribution < -0.4 is 97.4 Å². The minimum Gasteiger partial charge on any atom is -0.481 e. The van der Waals surface area contributed by atoms with Gasteiger partial charge in [-0.25, -0.2) is 4.79 Å². The van der Waals surface area contributed by atoms with E-state index in [-0.39, 0.29) is 102 Å². The Balaban J connectivity index is 2.30. The molecule has 0 aromatic carbocycles. The van der Waals surface area contributed by atoms with E-state index in [1.165, 1.54) is 32.6 Å². The summed E-state index contributed by atoms with van der Waals surface area (Å²) < 4.78 is 0. The maximum Gasteiger partial charge on any atom is 0.328 e. The predicted molar refractivity (Wildman–Crippen MR) is 423 cm³/mol. The SMILES string of the molecule is CC[C@H](C)[C@H](NC(=O)[C@@H](NC(=O)[C@H](CCCCN)NC(=O)[C@H](CS)NC(=O)[C@H](CC(=O)O)NC(=O)[C@@H]1CCCN1C(=O)[C@H](CC(N)=O)NC(=O)[C@H](C)N)[C@@H](C)O)C(=O)N[C@@H](CC(C)C)C(=O)N[C@@H](CCCCN)C(=O)N[C@@H](C)C(=O)N[C@@H](CC(C)C)C(=O)NCC(=O)N1CCC[C@H]1C(=O)N[C@@H](C)C(=O)N[C@@H](C)C(=O)N[C@H](C(=O)O)[C@@H](C)O. The summed E-state index contributed by atoms with van der Waals surface area (Å²) in [5.41, 5.74) is 22.5. The van der Waals surface area contributed by atoms with Crippen LogP contribution in [0.5, 0.6) is 0 Å². The molecule has 0 unspecified atom stereocenters. The van der Waals surface area contributed by atoms with Crippen LogP contribution in [0, 0.1) is 17.8 Å². The normalized spacial score (nSPS) is 18.3. The Labute approximate surface area is 685 Å². The van der Waals surface area contributed by atoms with Crippen LogP contribution >= 0.6 is 12.6 Å². The van der Waals surface area contributed by atoms with E-state index in [4.69, 9.17) is 22.9 Å². The largest absolute Gasteiger partial charge is 0.481 e. The summed E-state index contributed by atoms with van der Waals surface area (Å²) >= 11 is 4.20. The quantitative estimate of drug-likeness (QED) is 0.0199. The molecule has 662 valence electrons. The lowest BCUT2D eigenvalue weighted by Gasteiger charge is -2.31. The highest BCUT2D eigenvalue weighted by molar-refractivity contribution is 7.80. The number of amides is 17. The molecule has 0 radical (unpaired) electrons. The number of carbonyl (C=O) groups is 19. The van der Waals surface area contributed by atoms with Crippen LogP contribution in [0.25, 0.3) is 0 Å². The standard InChI is InChI=1S/C73H126N20O23S/c1-13-36(6)55(89-71(113)56(41(11)94)90-64(106)44(21-15-17-25-75)83-67(109)49(33-117)88-66(108)47(31-54(98)99)85-69(111)51-23-19-27-93(51)72(114)48(30-52(77)96)87-58(100)37(7)76)70(112)86-46(29-35(4)5)65(107)82-43(20-14-16-24-74)63(105)80-39(9)60(102)84-45(28-34(2)3)62(104)78-32-53(97)92-26-18-22-50(92)68(110)81-38(8)59(101)79-40(10)61(103)91-57(42(12)95)73(115)116/h34-51,55-57,94-95,117H,13-33,74-76H2,1-12H3,(H2,77,96)(H,78,104)(H,79,101)(H,80,105)(H,81,110)(H,82,107)(H,83,109)(H,84,102)(H,85,111)(H,86,112)(H,87,100)(H,88,108)(H,89,113)(H,90,106)(H,91,103)(H,98,99)(H,115,116)/t36-,37-,38-,39-,40-,41+,42+,43-,44-,45-,46-,47-,48-,49-,50-,51-,55-,56-,57-/m0/s1. The number of aliphatic hydroxyl groups is 2. The van der Waals surface area contributed by atoms with Crippen LogP contribution in [0.1, 0.15) is 179 Å². The number of thiol groups is 1. The second-order valence-electron chi connectivity index (χ2n) is 30.5. The summed E-state index contributed by atoms with van der Waals surface area (Å²) in [7, 11) is 0. The Morgan fingerprint density at radius 1 is 0.427 bits per heavy atom. The monoisotopic (exact) mass is 1680 g/mol. The van der Waals surface area contributed by atoms with Gasteiger partial charge in [-0.15, -0.1) is 0 Å². The average Bonchev–Trinajstić information content (AvgIpc) is 1.71. The fourth-order valence-electron chi connectivity index (χ4n) is 12.5. The van der Waals surface area contributed by atoms with Gasteiger partial charge in [-0.1, -0.05) is 48.0 Å². The Morgan fingerprint density at radius 3 is 1.30 bits per heavy atom. The second-order valence-corrected chi connectivity index (χ2v) is 30.9. The molecule has 26 N–H and O–H groups in total. The number of rotatable bonds is 52. The molecule has 2 aliphatic heterocycles. The van der Waals surface area contributed by atoms with E-state index in [1.54, 1.807) is 41.5 Å². The molecular weight excluding hydrogens is 1560 g/mol. The Morgan fingerprint density at radius 2 is 0.821 bits per heavy atom. The number of aliphatic hydroxyl groups excluding tert-OH is 2. The molecule has 44 heteroatoms. The van der Waals surface area contributed by atoms with Crippen molar-refractivity contribution in [2.45, 2.75) is 288 Å². The zero-order valence-electron chi connectivity index (χ0n) is 68.7.